The van der Waals surface area contributed by atoms with Crippen LogP contribution in [0.2, 0.25) is 0 Å². The van der Waals surface area contributed by atoms with Crippen molar-refractivity contribution in [3.8, 4) is 11.3 Å². The molecule has 6 nitrogen and oxygen atoms in total. The summed E-state index contributed by atoms with van der Waals surface area (Å²) in [6.07, 6.45) is 2.96. The Balaban J connectivity index is 1.52. The molecule has 1 aliphatic heterocycles. The lowest BCUT2D eigenvalue weighted by molar-refractivity contribution is -0.119. The molecule has 8 heteroatoms. The predicted molar refractivity (Wildman–Crippen MR) is 122 cm³/mol. The Labute approximate surface area is 187 Å². The van der Waals surface area contributed by atoms with Crippen LogP contribution in [0.1, 0.15) is 23.2 Å². The Kier molecular flexibility index (Phi) is 5.36. The SMILES string of the molecule is O=C(Nc1nccs1)C1CCCN1C(=O)c1cc(-c2ccc(F)cc2)nc2ccccc12. The molecule has 1 N–H and O–H groups in total. The van der Waals surface area contributed by atoms with Crippen LogP contribution in [-0.4, -0.2) is 39.3 Å². The Morgan fingerprint density at radius 1 is 1.12 bits per heavy atom. The van der Waals surface area contributed by atoms with Crippen LogP contribution in [0.15, 0.2) is 66.2 Å². The molecule has 5 rings (SSSR count). The third-order valence-electron chi connectivity index (χ3n) is 5.57. The van der Waals surface area contributed by atoms with Crippen LogP contribution < -0.4 is 5.32 Å². The first-order valence-electron chi connectivity index (χ1n) is 10.3. The van der Waals surface area contributed by atoms with E-state index in [4.69, 9.17) is 0 Å². The number of nitrogens with zero attached hydrogens (tertiary/aromatic N) is 3. The molecule has 1 atom stereocenters. The van der Waals surface area contributed by atoms with E-state index >= 15 is 0 Å². The monoisotopic (exact) mass is 446 g/mol. The first kappa shape index (κ1) is 20.3. The van der Waals surface area contributed by atoms with Gasteiger partial charge in [0.25, 0.3) is 5.91 Å². The fraction of sp³-hybridized carbons (Fsp3) is 0.167. The van der Waals surface area contributed by atoms with Gasteiger partial charge in [0.2, 0.25) is 5.91 Å². The second-order valence-electron chi connectivity index (χ2n) is 7.56. The van der Waals surface area contributed by atoms with Gasteiger partial charge in [-0.05, 0) is 49.2 Å². The Morgan fingerprint density at radius 2 is 1.94 bits per heavy atom. The van der Waals surface area contributed by atoms with Crippen molar-refractivity contribution in [2.45, 2.75) is 18.9 Å². The van der Waals surface area contributed by atoms with Crippen molar-refractivity contribution in [1.82, 2.24) is 14.9 Å². The first-order valence-corrected chi connectivity index (χ1v) is 11.2. The number of carbonyl (C=O) groups is 2. The average molecular weight is 447 g/mol. The normalized spacial score (nSPS) is 15.8. The van der Waals surface area contributed by atoms with Crippen LogP contribution in [0.5, 0.6) is 0 Å². The zero-order valence-electron chi connectivity index (χ0n) is 17.0. The van der Waals surface area contributed by atoms with Crippen molar-refractivity contribution in [1.29, 1.82) is 0 Å². The number of hydrogen-bond donors (Lipinski definition) is 1. The van der Waals surface area contributed by atoms with E-state index in [-0.39, 0.29) is 17.6 Å². The molecule has 0 bridgehead atoms. The van der Waals surface area contributed by atoms with E-state index in [2.05, 4.69) is 15.3 Å². The van der Waals surface area contributed by atoms with Crippen LogP contribution in [0.4, 0.5) is 9.52 Å². The van der Waals surface area contributed by atoms with Crippen LogP contribution in [0.3, 0.4) is 0 Å². The minimum Gasteiger partial charge on any atom is -0.327 e. The first-order chi connectivity index (χ1) is 15.6. The molecule has 2 amide bonds. The van der Waals surface area contributed by atoms with Gasteiger partial charge in [0, 0.05) is 29.1 Å². The molecule has 4 aromatic rings. The predicted octanol–water partition coefficient (Wildman–Crippen LogP) is 4.74. The molecule has 1 aliphatic rings. The maximum absolute atomic E-state index is 13.7. The standard InChI is InChI=1S/C24H19FN4O2S/c25-16-9-7-15(8-10-16)20-14-18(17-4-1-2-5-19(17)27-20)23(31)29-12-3-6-21(29)22(30)28-24-26-11-13-32-24/h1-2,4-5,7-11,13-14,21H,3,6,12H2,(H,26,28,30). The number of anilines is 1. The number of hydrogen-bond acceptors (Lipinski definition) is 5. The number of thiazole rings is 1. The van der Waals surface area contributed by atoms with Crippen molar-refractivity contribution in [3.63, 3.8) is 0 Å². The smallest absolute Gasteiger partial charge is 0.255 e. The van der Waals surface area contributed by atoms with E-state index in [0.29, 0.717) is 45.8 Å². The molecule has 0 aliphatic carbocycles. The summed E-state index contributed by atoms with van der Waals surface area (Å²) >= 11 is 1.34. The maximum Gasteiger partial charge on any atom is 0.255 e. The third kappa shape index (κ3) is 3.85. The number of nitrogens with one attached hydrogen (secondary N) is 1. The van der Waals surface area contributed by atoms with Crippen LogP contribution >= 0.6 is 11.3 Å². The van der Waals surface area contributed by atoms with E-state index in [1.165, 1.54) is 23.5 Å². The molecule has 1 fully saturated rings. The molecule has 32 heavy (non-hydrogen) atoms. The summed E-state index contributed by atoms with van der Waals surface area (Å²) in [7, 11) is 0. The summed E-state index contributed by atoms with van der Waals surface area (Å²) in [5, 5.41) is 5.82. The van der Waals surface area contributed by atoms with Gasteiger partial charge >= 0.3 is 0 Å². The molecule has 1 unspecified atom stereocenters. The minimum atomic E-state index is -0.562. The topological polar surface area (TPSA) is 75.2 Å². The average Bonchev–Trinajstić information content (AvgIpc) is 3.50. The zero-order chi connectivity index (χ0) is 22.1. The highest BCUT2D eigenvalue weighted by molar-refractivity contribution is 7.13. The Hall–Kier alpha value is -3.65. The number of benzene rings is 2. The number of carbonyl (C=O) groups excluding carboxylic acids is 2. The second-order valence-corrected chi connectivity index (χ2v) is 8.46. The van der Waals surface area contributed by atoms with Crippen molar-refractivity contribution in [2.75, 3.05) is 11.9 Å². The molecule has 2 aromatic heterocycles. The number of para-hydroxylation sites is 1. The summed E-state index contributed by atoms with van der Waals surface area (Å²) in [6, 6.07) is 14.6. The molecule has 160 valence electrons. The number of likely N-dealkylation sites (tertiary alicyclic amines) is 1. The highest BCUT2D eigenvalue weighted by atomic mass is 32.1. The summed E-state index contributed by atoms with van der Waals surface area (Å²) in [5.41, 5.74) is 2.44. The lowest BCUT2D eigenvalue weighted by atomic mass is 10.0. The zero-order valence-corrected chi connectivity index (χ0v) is 17.8. The second kappa shape index (κ2) is 8.47. The Bertz CT molecular complexity index is 1290. The van der Waals surface area contributed by atoms with Crippen LogP contribution in [0.25, 0.3) is 22.2 Å². The maximum atomic E-state index is 13.7. The molecule has 1 saturated heterocycles. The summed E-state index contributed by atoms with van der Waals surface area (Å²) in [6.45, 7) is 0.497. The van der Waals surface area contributed by atoms with Crippen molar-refractivity contribution in [2.24, 2.45) is 0 Å². The van der Waals surface area contributed by atoms with E-state index < -0.39 is 6.04 Å². The van der Waals surface area contributed by atoms with Crippen molar-refractivity contribution in [3.05, 3.63) is 77.6 Å². The molecule has 0 radical (unpaired) electrons. The minimum absolute atomic E-state index is 0.219. The van der Waals surface area contributed by atoms with Crippen LogP contribution in [0, 0.1) is 5.82 Å². The van der Waals surface area contributed by atoms with Gasteiger partial charge in [0.05, 0.1) is 16.8 Å². The van der Waals surface area contributed by atoms with E-state index in [1.54, 1.807) is 34.7 Å². The molecule has 0 spiro atoms. The van der Waals surface area contributed by atoms with Crippen LogP contribution in [-0.2, 0) is 4.79 Å². The van der Waals surface area contributed by atoms with Crippen molar-refractivity contribution < 1.29 is 14.0 Å². The van der Waals surface area contributed by atoms with Gasteiger partial charge in [-0.1, -0.05) is 18.2 Å². The lowest BCUT2D eigenvalue weighted by Crippen LogP contribution is -2.43. The number of pyridine rings is 1. The van der Waals surface area contributed by atoms with E-state index in [0.717, 1.165) is 6.42 Å². The number of rotatable bonds is 4. The van der Waals surface area contributed by atoms with E-state index in [9.17, 15) is 14.0 Å². The van der Waals surface area contributed by atoms with Gasteiger partial charge in [-0.3, -0.25) is 9.59 Å². The van der Waals surface area contributed by atoms with Gasteiger partial charge in [0.15, 0.2) is 5.13 Å². The highest BCUT2D eigenvalue weighted by Gasteiger charge is 2.35. The number of halogens is 1. The molecular formula is C24H19FN4O2S. The van der Waals surface area contributed by atoms with Crippen molar-refractivity contribution >= 4 is 39.2 Å². The summed E-state index contributed by atoms with van der Waals surface area (Å²) in [5.74, 6) is -0.788. The largest absolute Gasteiger partial charge is 0.327 e. The summed E-state index contributed by atoms with van der Waals surface area (Å²) < 4.78 is 13.4. The number of aromatic nitrogens is 2. The van der Waals surface area contributed by atoms with E-state index in [1.807, 2.05) is 24.3 Å². The fourth-order valence-electron chi connectivity index (χ4n) is 4.03. The van der Waals surface area contributed by atoms with Gasteiger partial charge in [-0.15, -0.1) is 11.3 Å². The summed E-state index contributed by atoms with van der Waals surface area (Å²) in [4.78, 5) is 36.9. The van der Waals surface area contributed by atoms with Gasteiger partial charge < -0.3 is 10.2 Å². The molecule has 2 aromatic carbocycles. The molecule has 0 saturated carbocycles. The highest BCUT2D eigenvalue weighted by Crippen LogP contribution is 2.29. The quantitative estimate of drug-likeness (QED) is 0.491. The fourth-order valence-corrected chi connectivity index (χ4v) is 4.56. The molecule has 3 heterocycles. The molecular weight excluding hydrogens is 427 g/mol. The lowest BCUT2D eigenvalue weighted by Gasteiger charge is -2.24. The van der Waals surface area contributed by atoms with Gasteiger partial charge in [-0.2, -0.15) is 0 Å². The Morgan fingerprint density at radius 3 is 2.72 bits per heavy atom. The van der Waals surface area contributed by atoms with Gasteiger partial charge in [-0.25, -0.2) is 14.4 Å². The third-order valence-corrected chi connectivity index (χ3v) is 6.25. The van der Waals surface area contributed by atoms with Gasteiger partial charge in [0.1, 0.15) is 11.9 Å². The number of amides is 2. The number of fused-ring (bicyclic) bond motifs is 1.